The summed E-state index contributed by atoms with van der Waals surface area (Å²) >= 11 is 0. The molecule has 7 heteroatoms. The Balaban J connectivity index is 1.30. The lowest BCUT2D eigenvalue weighted by Crippen LogP contribution is -2.39. The summed E-state index contributed by atoms with van der Waals surface area (Å²) in [5.41, 5.74) is 5.03. The summed E-state index contributed by atoms with van der Waals surface area (Å²) in [6.07, 6.45) is 6.19. The minimum Gasteiger partial charge on any atom is -0.337 e. The van der Waals surface area contributed by atoms with Crippen molar-refractivity contribution >= 4 is 5.91 Å². The average Bonchev–Trinajstić information content (AvgIpc) is 3.32. The van der Waals surface area contributed by atoms with E-state index in [1.165, 1.54) is 12.1 Å². The first-order chi connectivity index (χ1) is 16.5. The number of carbonyl (C=O) groups excluding carboxylic acids is 1. The van der Waals surface area contributed by atoms with E-state index in [0.29, 0.717) is 25.2 Å². The summed E-state index contributed by atoms with van der Waals surface area (Å²) in [5, 5.41) is 4.20. The van der Waals surface area contributed by atoms with Crippen molar-refractivity contribution < 1.29 is 9.18 Å². The fourth-order valence-electron chi connectivity index (χ4n) is 4.47. The number of benzene rings is 1. The van der Waals surface area contributed by atoms with Gasteiger partial charge in [0.05, 0.1) is 11.9 Å². The lowest BCUT2D eigenvalue weighted by Gasteiger charge is -2.32. The van der Waals surface area contributed by atoms with Gasteiger partial charge in [0.1, 0.15) is 11.5 Å². The summed E-state index contributed by atoms with van der Waals surface area (Å²) in [4.78, 5) is 24.7. The standard InChI is InChI=1S/C27H26FN5O/c1-32-17-21(16-29-32)25-8-3-9-26(31-25)27(34)33-14-4-5-20(18-33)24-7-2-6-23(30-24)15-19-10-12-22(28)13-11-19/h2-3,6-13,16-17,20H,4-5,14-15,18H2,1H3/t20-/m1/s1. The maximum atomic E-state index is 13.3. The number of amides is 1. The SMILES string of the molecule is Cn1cc(-c2cccc(C(=O)N3CCC[C@@H](c4cccc(Cc5ccc(F)cc5)n4)C3)n2)cn1. The average molecular weight is 456 g/mol. The maximum Gasteiger partial charge on any atom is 0.272 e. The second-order valence-corrected chi connectivity index (χ2v) is 8.76. The molecule has 34 heavy (non-hydrogen) atoms. The number of likely N-dealkylation sites (tertiary alicyclic amines) is 1. The van der Waals surface area contributed by atoms with Crippen molar-refractivity contribution in [2.75, 3.05) is 13.1 Å². The van der Waals surface area contributed by atoms with Gasteiger partial charge in [0, 0.05) is 55.6 Å². The highest BCUT2D eigenvalue weighted by Gasteiger charge is 2.27. The van der Waals surface area contributed by atoms with E-state index in [0.717, 1.165) is 41.1 Å². The Morgan fingerprint density at radius 1 is 1.06 bits per heavy atom. The third-order valence-electron chi connectivity index (χ3n) is 6.22. The number of rotatable bonds is 5. The van der Waals surface area contributed by atoms with Crippen molar-refractivity contribution in [3.05, 3.63) is 102 Å². The Hall–Kier alpha value is -3.87. The van der Waals surface area contributed by atoms with Crippen molar-refractivity contribution in [1.29, 1.82) is 0 Å². The molecule has 3 aromatic heterocycles. The Labute approximate surface area is 198 Å². The van der Waals surface area contributed by atoms with E-state index in [2.05, 4.69) is 10.1 Å². The molecule has 0 saturated carbocycles. The molecule has 1 fully saturated rings. The van der Waals surface area contributed by atoms with E-state index >= 15 is 0 Å². The van der Waals surface area contributed by atoms with Gasteiger partial charge in [0.25, 0.3) is 5.91 Å². The molecule has 4 aromatic rings. The molecule has 5 rings (SSSR count). The van der Waals surface area contributed by atoms with Gasteiger partial charge in [-0.2, -0.15) is 5.10 Å². The molecule has 1 aliphatic heterocycles. The molecule has 1 aromatic carbocycles. The van der Waals surface area contributed by atoms with Crippen LogP contribution in [0.25, 0.3) is 11.3 Å². The van der Waals surface area contributed by atoms with Crippen molar-refractivity contribution in [2.45, 2.75) is 25.2 Å². The highest BCUT2D eigenvalue weighted by atomic mass is 19.1. The van der Waals surface area contributed by atoms with E-state index in [9.17, 15) is 9.18 Å². The number of pyridine rings is 2. The van der Waals surface area contributed by atoms with Crippen LogP contribution in [0.1, 0.15) is 46.2 Å². The van der Waals surface area contributed by atoms with Crippen LogP contribution in [0.15, 0.2) is 73.1 Å². The van der Waals surface area contributed by atoms with Gasteiger partial charge in [-0.15, -0.1) is 0 Å². The molecule has 172 valence electrons. The zero-order chi connectivity index (χ0) is 23.5. The van der Waals surface area contributed by atoms with Gasteiger partial charge < -0.3 is 4.90 Å². The number of hydrogen-bond acceptors (Lipinski definition) is 4. The molecule has 0 bridgehead atoms. The lowest BCUT2D eigenvalue weighted by molar-refractivity contribution is 0.0700. The lowest BCUT2D eigenvalue weighted by atomic mass is 9.93. The Bertz CT molecular complexity index is 1300. The first kappa shape index (κ1) is 21.9. The van der Waals surface area contributed by atoms with Gasteiger partial charge in [-0.3, -0.25) is 14.5 Å². The highest BCUT2D eigenvalue weighted by molar-refractivity contribution is 5.93. The quantitative estimate of drug-likeness (QED) is 0.440. The molecule has 6 nitrogen and oxygen atoms in total. The van der Waals surface area contributed by atoms with E-state index in [4.69, 9.17) is 4.98 Å². The molecule has 4 heterocycles. The molecule has 0 radical (unpaired) electrons. The first-order valence-electron chi connectivity index (χ1n) is 11.5. The van der Waals surface area contributed by atoms with Gasteiger partial charge in [-0.1, -0.05) is 24.3 Å². The van der Waals surface area contributed by atoms with Gasteiger partial charge in [-0.25, -0.2) is 9.37 Å². The number of aromatic nitrogens is 4. The van der Waals surface area contributed by atoms with Crippen molar-refractivity contribution in [3.8, 4) is 11.3 Å². The van der Waals surface area contributed by atoms with E-state index < -0.39 is 0 Å². The number of nitrogens with zero attached hydrogens (tertiary/aromatic N) is 5. The predicted octanol–water partition coefficient (Wildman–Crippen LogP) is 4.63. The van der Waals surface area contributed by atoms with Gasteiger partial charge in [0.15, 0.2) is 0 Å². The minimum atomic E-state index is -0.238. The number of aryl methyl sites for hydroxylation is 1. The smallest absolute Gasteiger partial charge is 0.272 e. The fraction of sp³-hybridized carbons (Fsp3) is 0.259. The highest BCUT2D eigenvalue weighted by Crippen LogP contribution is 2.27. The molecule has 1 aliphatic rings. The van der Waals surface area contributed by atoms with Crippen LogP contribution in [0.3, 0.4) is 0 Å². The number of carbonyl (C=O) groups is 1. The molecular weight excluding hydrogens is 429 g/mol. The second-order valence-electron chi connectivity index (χ2n) is 8.76. The molecular formula is C27H26FN5O. The number of halogens is 1. The zero-order valence-electron chi connectivity index (χ0n) is 19.1. The van der Waals surface area contributed by atoms with Crippen LogP contribution in [0.5, 0.6) is 0 Å². The van der Waals surface area contributed by atoms with Crippen molar-refractivity contribution in [3.63, 3.8) is 0 Å². The Morgan fingerprint density at radius 2 is 1.88 bits per heavy atom. The van der Waals surface area contributed by atoms with Crippen LogP contribution < -0.4 is 0 Å². The summed E-state index contributed by atoms with van der Waals surface area (Å²) in [6.45, 7) is 1.33. The van der Waals surface area contributed by atoms with Gasteiger partial charge in [0.2, 0.25) is 0 Å². The van der Waals surface area contributed by atoms with Crippen LogP contribution in [-0.4, -0.2) is 43.6 Å². The van der Waals surface area contributed by atoms with Crippen LogP contribution in [0.4, 0.5) is 4.39 Å². The van der Waals surface area contributed by atoms with E-state index in [1.807, 2.05) is 48.5 Å². The monoisotopic (exact) mass is 455 g/mol. The van der Waals surface area contributed by atoms with Crippen LogP contribution in [0.2, 0.25) is 0 Å². The number of hydrogen-bond donors (Lipinski definition) is 0. The topological polar surface area (TPSA) is 63.9 Å². The van der Waals surface area contributed by atoms with E-state index in [-0.39, 0.29) is 17.6 Å². The molecule has 1 saturated heterocycles. The summed E-state index contributed by atoms with van der Waals surface area (Å²) < 4.78 is 14.9. The fourth-order valence-corrected chi connectivity index (χ4v) is 4.47. The van der Waals surface area contributed by atoms with E-state index in [1.54, 1.807) is 29.1 Å². The molecule has 1 amide bonds. The van der Waals surface area contributed by atoms with Crippen LogP contribution in [-0.2, 0) is 13.5 Å². The molecule has 0 spiro atoms. The van der Waals surface area contributed by atoms with Crippen molar-refractivity contribution in [2.24, 2.45) is 7.05 Å². The zero-order valence-corrected chi connectivity index (χ0v) is 19.1. The Kier molecular flexibility index (Phi) is 6.16. The molecule has 0 aliphatic carbocycles. The second kappa shape index (κ2) is 9.55. The van der Waals surface area contributed by atoms with Crippen LogP contribution >= 0.6 is 0 Å². The first-order valence-corrected chi connectivity index (χ1v) is 11.5. The third-order valence-corrected chi connectivity index (χ3v) is 6.22. The number of piperidine rings is 1. The van der Waals surface area contributed by atoms with Crippen molar-refractivity contribution in [1.82, 2.24) is 24.6 Å². The normalized spacial score (nSPS) is 15.9. The summed E-state index contributed by atoms with van der Waals surface area (Å²) in [5.74, 6) is -0.122. The summed E-state index contributed by atoms with van der Waals surface area (Å²) in [7, 11) is 1.86. The minimum absolute atomic E-state index is 0.0575. The summed E-state index contributed by atoms with van der Waals surface area (Å²) in [6, 6.07) is 18.1. The molecule has 0 unspecified atom stereocenters. The third kappa shape index (κ3) is 4.88. The molecule has 0 N–H and O–H groups in total. The molecule has 1 atom stereocenters. The predicted molar refractivity (Wildman–Crippen MR) is 128 cm³/mol. The maximum absolute atomic E-state index is 13.3. The van der Waals surface area contributed by atoms with Crippen LogP contribution in [0, 0.1) is 5.82 Å². The van der Waals surface area contributed by atoms with Gasteiger partial charge >= 0.3 is 0 Å². The Morgan fingerprint density at radius 3 is 2.68 bits per heavy atom. The largest absolute Gasteiger partial charge is 0.337 e. The van der Waals surface area contributed by atoms with Gasteiger partial charge in [-0.05, 0) is 54.8 Å².